The van der Waals surface area contributed by atoms with E-state index in [2.05, 4.69) is 5.32 Å². The van der Waals surface area contributed by atoms with E-state index in [1.807, 2.05) is 24.3 Å². The van der Waals surface area contributed by atoms with E-state index in [-0.39, 0.29) is 48.1 Å². The zero-order valence-electron chi connectivity index (χ0n) is 16.2. The summed E-state index contributed by atoms with van der Waals surface area (Å²) in [5.41, 5.74) is 7.32. The van der Waals surface area contributed by atoms with Crippen molar-refractivity contribution < 1.29 is 14.3 Å². The number of esters is 1. The molecule has 28 heavy (non-hydrogen) atoms. The minimum absolute atomic E-state index is 0. The van der Waals surface area contributed by atoms with Crippen LogP contribution in [0.4, 0.5) is 4.79 Å². The Kier molecular flexibility index (Phi) is 7.29. The topological polar surface area (TPSA) is 109 Å². The summed E-state index contributed by atoms with van der Waals surface area (Å²) in [4.78, 5) is 25.9. The van der Waals surface area contributed by atoms with Crippen molar-refractivity contribution in [1.82, 2.24) is 10.2 Å². The molecule has 2 fully saturated rings. The number of nitrogens with two attached hydrogens (primary N) is 1. The summed E-state index contributed by atoms with van der Waals surface area (Å²) < 4.78 is 4.74. The maximum atomic E-state index is 12.5. The van der Waals surface area contributed by atoms with Gasteiger partial charge in [0.25, 0.3) is 0 Å². The molecule has 1 aromatic carbocycles. The number of halogens is 1. The summed E-state index contributed by atoms with van der Waals surface area (Å²) in [6.45, 7) is 0.935. The number of benzene rings is 1. The third-order valence-electron chi connectivity index (χ3n) is 6.02. The monoisotopic (exact) mass is 408 g/mol. The Balaban J connectivity index is 0.00000280. The molecule has 0 bridgehead atoms. The van der Waals surface area contributed by atoms with Gasteiger partial charge in [0.05, 0.1) is 19.6 Å². The standard InChI is InChI=1S/C20H28N4O3.ClH/c1-27-17(25)9-12-24-16(13-23-19(24)26)20(10-3-2-4-11-20)15-7-5-14(6-8-15)18(21)22;/h5-8,16H,2-4,9-13H2,1H3,(H3,21,22)(H,23,26);1H. The normalized spacial score (nSPS) is 20.8. The molecule has 2 amide bonds. The van der Waals surface area contributed by atoms with Gasteiger partial charge in [0, 0.05) is 24.1 Å². The number of amides is 2. The van der Waals surface area contributed by atoms with Gasteiger partial charge in [-0.1, -0.05) is 43.5 Å². The Bertz CT molecular complexity index is 717. The van der Waals surface area contributed by atoms with E-state index in [4.69, 9.17) is 15.9 Å². The first-order chi connectivity index (χ1) is 13.0. The molecule has 1 saturated carbocycles. The number of ether oxygens (including phenoxy) is 1. The van der Waals surface area contributed by atoms with E-state index in [0.29, 0.717) is 18.7 Å². The second kappa shape index (κ2) is 9.28. The van der Waals surface area contributed by atoms with Crippen molar-refractivity contribution in [3.8, 4) is 0 Å². The molecule has 2 aliphatic rings. The highest BCUT2D eigenvalue weighted by atomic mass is 35.5. The second-order valence-electron chi connectivity index (χ2n) is 7.43. The van der Waals surface area contributed by atoms with Crippen LogP contribution in [-0.4, -0.2) is 49.0 Å². The first-order valence-electron chi connectivity index (χ1n) is 9.54. The lowest BCUT2D eigenvalue weighted by Gasteiger charge is -2.45. The SMILES string of the molecule is COC(=O)CCN1C(=O)NCC1C1(c2ccc(C(=N)N)cc2)CCCCC1.Cl. The molecule has 1 aliphatic carbocycles. The van der Waals surface area contributed by atoms with Gasteiger partial charge < -0.3 is 20.7 Å². The number of hydrogen-bond donors (Lipinski definition) is 3. The number of carbonyl (C=O) groups excluding carboxylic acids is 2. The average Bonchev–Trinajstić information content (AvgIpc) is 3.07. The number of nitrogen functional groups attached to an aromatic ring is 1. The summed E-state index contributed by atoms with van der Waals surface area (Å²) in [6.07, 6.45) is 5.62. The maximum absolute atomic E-state index is 12.5. The van der Waals surface area contributed by atoms with E-state index >= 15 is 0 Å². The van der Waals surface area contributed by atoms with Gasteiger partial charge >= 0.3 is 12.0 Å². The molecular formula is C20H29ClN4O3. The Morgan fingerprint density at radius 1 is 1.29 bits per heavy atom. The minimum Gasteiger partial charge on any atom is -0.469 e. The third-order valence-corrected chi connectivity index (χ3v) is 6.02. The van der Waals surface area contributed by atoms with Gasteiger partial charge in [0.1, 0.15) is 5.84 Å². The van der Waals surface area contributed by atoms with Gasteiger partial charge in [-0.15, -0.1) is 12.4 Å². The lowest BCUT2D eigenvalue weighted by molar-refractivity contribution is -0.140. The maximum Gasteiger partial charge on any atom is 0.317 e. The van der Waals surface area contributed by atoms with E-state index in [0.717, 1.165) is 25.7 Å². The van der Waals surface area contributed by atoms with Crippen LogP contribution >= 0.6 is 12.4 Å². The van der Waals surface area contributed by atoms with Crippen molar-refractivity contribution in [1.29, 1.82) is 5.41 Å². The van der Waals surface area contributed by atoms with E-state index in [9.17, 15) is 9.59 Å². The molecule has 8 heteroatoms. The molecule has 7 nitrogen and oxygen atoms in total. The van der Waals surface area contributed by atoms with Crippen molar-refractivity contribution in [3.05, 3.63) is 35.4 Å². The van der Waals surface area contributed by atoms with Crippen LogP contribution in [0.5, 0.6) is 0 Å². The molecular weight excluding hydrogens is 380 g/mol. The van der Waals surface area contributed by atoms with Gasteiger partial charge in [-0.25, -0.2) is 4.79 Å². The van der Waals surface area contributed by atoms with Crippen molar-refractivity contribution in [2.75, 3.05) is 20.2 Å². The number of rotatable bonds is 6. The van der Waals surface area contributed by atoms with Crippen molar-refractivity contribution in [3.63, 3.8) is 0 Å². The summed E-state index contributed by atoms with van der Waals surface area (Å²) in [5, 5.41) is 10.6. The van der Waals surface area contributed by atoms with Crippen LogP contribution in [0.25, 0.3) is 0 Å². The minimum atomic E-state index is -0.308. The zero-order chi connectivity index (χ0) is 19.4. The highest BCUT2D eigenvalue weighted by Crippen LogP contribution is 2.45. The predicted octanol–water partition coefficient (Wildman–Crippen LogP) is 2.55. The molecule has 0 aromatic heterocycles. The fraction of sp³-hybridized carbons (Fsp3) is 0.550. The largest absolute Gasteiger partial charge is 0.469 e. The first-order valence-corrected chi connectivity index (χ1v) is 9.54. The van der Waals surface area contributed by atoms with Crippen LogP contribution in [0, 0.1) is 5.41 Å². The molecule has 0 spiro atoms. The van der Waals surface area contributed by atoms with Gasteiger partial charge in [-0.3, -0.25) is 10.2 Å². The zero-order valence-corrected chi connectivity index (χ0v) is 17.0. The van der Waals surface area contributed by atoms with Crippen LogP contribution in [0.1, 0.15) is 49.7 Å². The lowest BCUT2D eigenvalue weighted by Crippen LogP contribution is -2.51. The van der Waals surface area contributed by atoms with Gasteiger partial charge in [0.2, 0.25) is 0 Å². The number of hydrogen-bond acceptors (Lipinski definition) is 4. The van der Waals surface area contributed by atoms with Crippen molar-refractivity contribution >= 4 is 30.2 Å². The second-order valence-corrected chi connectivity index (χ2v) is 7.43. The van der Waals surface area contributed by atoms with E-state index < -0.39 is 0 Å². The third kappa shape index (κ3) is 4.24. The molecule has 1 saturated heterocycles. The number of nitrogens with zero attached hydrogens (tertiary/aromatic N) is 1. The van der Waals surface area contributed by atoms with Crippen LogP contribution in [0.2, 0.25) is 0 Å². The van der Waals surface area contributed by atoms with Gasteiger partial charge in [-0.2, -0.15) is 0 Å². The quantitative estimate of drug-likeness (QED) is 0.381. The number of carbonyl (C=O) groups is 2. The Labute approximate surface area is 171 Å². The summed E-state index contributed by atoms with van der Waals surface area (Å²) in [5.74, 6) is -0.256. The van der Waals surface area contributed by atoms with Crippen LogP contribution < -0.4 is 11.1 Å². The predicted molar refractivity (Wildman–Crippen MR) is 110 cm³/mol. The average molecular weight is 409 g/mol. The molecule has 1 atom stereocenters. The smallest absolute Gasteiger partial charge is 0.317 e. The molecule has 1 aliphatic heterocycles. The number of amidine groups is 1. The van der Waals surface area contributed by atoms with E-state index in [1.54, 1.807) is 4.90 Å². The molecule has 1 unspecified atom stereocenters. The lowest BCUT2D eigenvalue weighted by atomic mass is 9.64. The van der Waals surface area contributed by atoms with Gasteiger partial charge in [-0.05, 0) is 18.4 Å². The number of nitrogens with one attached hydrogen (secondary N) is 2. The molecule has 1 aromatic rings. The Morgan fingerprint density at radius 2 is 1.93 bits per heavy atom. The van der Waals surface area contributed by atoms with Crippen LogP contribution in [0.3, 0.4) is 0 Å². The molecule has 4 N–H and O–H groups in total. The number of urea groups is 1. The first kappa shape index (κ1) is 22.0. The van der Waals surface area contributed by atoms with Crippen LogP contribution in [-0.2, 0) is 14.9 Å². The van der Waals surface area contributed by atoms with Crippen molar-refractivity contribution in [2.24, 2.45) is 5.73 Å². The van der Waals surface area contributed by atoms with Crippen LogP contribution in [0.15, 0.2) is 24.3 Å². The van der Waals surface area contributed by atoms with Crippen molar-refractivity contribution in [2.45, 2.75) is 50.0 Å². The molecule has 0 radical (unpaired) electrons. The molecule has 1 heterocycles. The summed E-state index contributed by atoms with van der Waals surface area (Å²) >= 11 is 0. The fourth-order valence-electron chi connectivity index (χ4n) is 4.58. The molecule has 154 valence electrons. The Hall–Kier alpha value is -2.28. The highest BCUT2D eigenvalue weighted by molar-refractivity contribution is 5.94. The summed E-state index contributed by atoms with van der Waals surface area (Å²) in [7, 11) is 1.36. The Morgan fingerprint density at radius 3 is 2.50 bits per heavy atom. The van der Waals surface area contributed by atoms with Gasteiger partial charge in [0.15, 0.2) is 0 Å². The summed E-state index contributed by atoms with van der Waals surface area (Å²) in [6, 6.07) is 7.74. The molecule has 3 rings (SSSR count). The van der Waals surface area contributed by atoms with E-state index in [1.165, 1.54) is 19.1 Å². The number of methoxy groups -OCH3 is 1. The fourth-order valence-corrected chi connectivity index (χ4v) is 4.58. The highest BCUT2D eigenvalue weighted by Gasteiger charge is 2.48.